The first kappa shape index (κ1) is 29.2. The van der Waals surface area contributed by atoms with E-state index in [1.165, 1.54) is 24.3 Å². The van der Waals surface area contributed by atoms with Crippen LogP contribution in [0.15, 0.2) is 69.5 Å². The molecular formula is C27H27N3O8. The second-order valence-corrected chi connectivity index (χ2v) is 7.96. The average molecular weight is 522 g/mol. The van der Waals surface area contributed by atoms with E-state index in [1.54, 1.807) is 36.4 Å². The molecule has 0 radical (unpaired) electrons. The molecular weight excluding hydrogens is 494 g/mol. The van der Waals surface area contributed by atoms with E-state index < -0.39 is 11.9 Å². The Morgan fingerprint density at radius 2 is 1.16 bits per heavy atom. The molecule has 2 aromatic carbocycles. The van der Waals surface area contributed by atoms with Crippen molar-refractivity contribution in [1.29, 1.82) is 0 Å². The van der Waals surface area contributed by atoms with Crippen LogP contribution in [-0.4, -0.2) is 43.8 Å². The van der Waals surface area contributed by atoms with Crippen LogP contribution in [0, 0.1) is 12.3 Å². The topological polar surface area (TPSA) is 215 Å². The van der Waals surface area contributed by atoms with E-state index in [0.717, 1.165) is 0 Å². The molecule has 10 N–H and O–H groups in total. The minimum atomic E-state index is -1.24. The lowest BCUT2D eigenvalue weighted by atomic mass is 10.1. The Bertz CT molecular complexity index is 1380. The molecule has 38 heavy (non-hydrogen) atoms. The van der Waals surface area contributed by atoms with E-state index in [2.05, 4.69) is 5.92 Å². The molecule has 0 unspecified atom stereocenters. The first-order chi connectivity index (χ1) is 17.2. The van der Waals surface area contributed by atoms with Gasteiger partial charge in [0.25, 0.3) is 0 Å². The molecule has 0 fully saturated rings. The van der Waals surface area contributed by atoms with Crippen LogP contribution in [0.1, 0.15) is 32.2 Å². The molecule has 0 aliphatic rings. The normalized spacial score (nSPS) is 10.3. The van der Waals surface area contributed by atoms with E-state index in [9.17, 15) is 30.0 Å². The molecule has 0 saturated heterocycles. The maximum atomic E-state index is 11.3. The molecule has 0 spiro atoms. The SMILES string of the molecule is C#CCN(Cc1ccc(-c2ccc(O)c(C(=O)O)c2)o1)Cc1ccc(-c2ccc(O)c(C(=O)O)c2)o1.N.N. The third kappa shape index (κ3) is 6.40. The lowest BCUT2D eigenvalue weighted by molar-refractivity contribution is 0.0682. The van der Waals surface area contributed by atoms with Gasteiger partial charge in [0.1, 0.15) is 45.7 Å². The molecule has 11 heteroatoms. The van der Waals surface area contributed by atoms with E-state index in [4.69, 9.17) is 15.3 Å². The number of terminal acetylenes is 1. The zero-order valence-corrected chi connectivity index (χ0v) is 20.3. The standard InChI is InChI=1S/C27H21NO8.2H3N/c1-2-11-28(14-18-5-9-24(35-18)16-3-7-22(29)20(12-16)26(31)32)15-19-6-10-25(36-19)17-4-8-23(30)21(13-17)27(33)34;;/h1,3-10,12-13,29-30H,11,14-15H2,(H,31,32)(H,33,34);2*1H3. The Kier molecular flexibility index (Phi) is 9.45. The second kappa shape index (κ2) is 12.3. The molecule has 0 aliphatic carbocycles. The van der Waals surface area contributed by atoms with Crippen LogP contribution in [0.5, 0.6) is 11.5 Å². The van der Waals surface area contributed by atoms with Crippen LogP contribution < -0.4 is 12.3 Å². The maximum absolute atomic E-state index is 11.3. The van der Waals surface area contributed by atoms with Crippen LogP contribution in [0.4, 0.5) is 0 Å². The molecule has 0 atom stereocenters. The Labute approximate surface area is 217 Å². The highest BCUT2D eigenvalue weighted by molar-refractivity contribution is 5.93. The fourth-order valence-corrected chi connectivity index (χ4v) is 3.69. The van der Waals surface area contributed by atoms with Gasteiger partial charge in [0.2, 0.25) is 0 Å². The molecule has 0 bridgehead atoms. The molecule has 11 nitrogen and oxygen atoms in total. The summed E-state index contributed by atoms with van der Waals surface area (Å²) in [4.78, 5) is 24.5. The van der Waals surface area contributed by atoms with Gasteiger partial charge in [-0.05, 0) is 60.7 Å². The zero-order chi connectivity index (χ0) is 25.8. The number of rotatable bonds is 9. The van der Waals surface area contributed by atoms with Gasteiger partial charge in [0, 0.05) is 11.1 Å². The van der Waals surface area contributed by atoms with Crippen LogP contribution in [-0.2, 0) is 13.1 Å². The number of carboxylic acid groups (broad SMARTS) is 2. The number of nitrogens with zero attached hydrogens (tertiary/aromatic N) is 1. The first-order valence-corrected chi connectivity index (χ1v) is 10.7. The Hall–Kier alpha value is -5.02. The van der Waals surface area contributed by atoms with Crippen molar-refractivity contribution in [1.82, 2.24) is 17.2 Å². The monoisotopic (exact) mass is 521 g/mol. The van der Waals surface area contributed by atoms with Crippen molar-refractivity contribution in [3.63, 3.8) is 0 Å². The molecule has 4 rings (SSSR count). The van der Waals surface area contributed by atoms with Crippen molar-refractivity contribution in [3.05, 3.63) is 83.3 Å². The van der Waals surface area contributed by atoms with Crippen LogP contribution in [0.2, 0.25) is 0 Å². The minimum Gasteiger partial charge on any atom is -0.507 e. The summed E-state index contributed by atoms with van der Waals surface area (Å²) in [6.07, 6.45) is 5.54. The summed E-state index contributed by atoms with van der Waals surface area (Å²) in [6, 6.07) is 15.3. The summed E-state index contributed by atoms with van der Waals surface area (Å²) >= 11 is 0. The second-order valence-electron chi connectivity index (χ2n) is 7.96. The summed E-state index contributed by atoms with van der Waals surface area (Å²) in [6.45, 7) is 0.968. The van der Waals surface area contributed by atoms with Gasteiger partial charge in [-0.25, -0.2) is 9.59 Å². The number of aromatic hydroxyl groups is 2. The highest BCUT2D eigenvalue weighted by atomic mass is 16.4. The van der Waals surface area contributed by atoms with Crippen LogP contribution in [0.3, 0.4) is 0 Å². The third-order valence-corrected chi connectivity index (χ3v) is 5.42. The molecule has 4 aromatic rings. The number of hydrogen-bond acceptors (Lipinski definition) is 9. The smallest absolute Gasteiger partial charge is 0.339 e. The van der Waals surface area contributed by atoms with Crippen molar-refractivity contribution in [3.8, 4) is 46.5 Å². The van der Waals surface area contributed by atoms with E-state index in [-0.39, 0.29) is 41.5 Å². The van der Waals surface area contributed by atoms with Gasteiger partial charge in [-0.15, -0.1) is 6.42 Å². The lowest BCUT2D eigenvalue weighted by Crippen LogP contribution is -2.22. The van der Waals surface area contributed by atoms with Crippen LogP contribution >= 0.6 is 0 Å². The van der Waals surface area contributed by atoms with Gasteiger partial charge in [0.05, 0.1) is 19.6 Å². The summed E-state index contributed by atoms with van der Waals surface area (Å²) in [5.74, 6) is 1.49. The lowest BCUT2D eigenvalue weighted by Gasteiger charge is -2.17. The molecule has 0 aliphatic heterocycles. The molecule has 0 saturated carbocycles. The number of aromatic carboxylic acids is 2. The minimum absolute atomic E-state index is 0. The molecule has 2 heterocycles. The van der Waals surface area contributed by atoms with Gasteiger partial charge < -0.3 is 41.6 Å². The number of benzene rings is 2. The summed E-state index contributed by atoms with van der Waals surface area (Å²) in [5, 5.41) is 37.9. The number of hydrogen-bond donors (Lipinski definition) is 6. The van der Waals surface area contributed by atoms with Crippen molar-refractivity contribution < 1.29 is 38.8 Å². The fraction of sp³-hybridized carbons (Fsp3) is 0.111. The number of carbonyl (C=O) groups is 2. The van der Waals surface area contributed by atoms with Gasteiger partial charge in [-0.2, -0.15) is 0 Å². The largest absolute Gasteiger partial charge is 0.507 e. The van der Waals surface area contributed by atoms with Crippen molar-refractivity contribution in [2.24, 2.45) is 0 Å². The van der Waals surface area contributed by atoms with Gasteiger partial charge in [-0.3, -0.25) is 4.90 Å². The quantitative estimate of drug-likeness (QED) is 0.162. The Morgan fingerprint density at radius 1 is 0.737 bits per heavy atom. The van der Waals surface area contributed by atoms with E-state index in [0.29, 0.717) is 47.3 Å². The van der Waals surface area contributed by atoms with Gasteiger partial charge >= 0.3 is 11.9 Å². The molecule has 2 aromatic heterocycles. The third-order valence-electron chi connectivity index (χ3n) is 5.42. The van der Waals surface area contributed by atoms with E-state index in [1.807, 2.05) is 4.90 Å². The highest BCUT2D eigenvalue weighted by Gasteiger charge is 2.17. The summed E-state index contributed by atoms with van der Waals surface area (Å²) in [5.41, 5.74) is 0.560. The molecule has 0 amide bonds. The van der Waals surface area contributed by atoms with Crippen LogP contribution in [0.25, 0.3) is 22.6 Å². The highest BCUT2D eigenvalue weighted by Crippen LogP contribution is 2.30. The molecule has 198 valence electrons. The average Bonchev–Trinajstić information content (AvgIpc) is 3.49. The number of carboxylic acids is 2. The predicted octanol–water partition coefficient (Wildman–Crippen LogP) is 4.97. The Balaban J connectivity index is 0.00000253. The van der Waals surface area contributed by atoms with Gasteiger partial charge in [-0.1, -0.05) is 5.92 Å². The first-order valence-electron chi connectivity index (χ1n) is 10.7. The predicted molar refractivity (Wildman–Crippen MR) is 139 cm³/mol. The zero-order valence-electron chi connectivity index (χ0n) is 20.3. The fourth-order valence-electron chi connectivity index (χ4n) is 3.69. The summed E-state index contributed by atoms with van der Waals surface area (Å²) in [7, 11) is 0. The Morgan fingerprint density at radius 3 is 1.53 bits per heavy atom. The van der Waals surface area contributed by atoms with E-state index >= 15 is 0 Å². The van der Waals surface area contributed by atoms with Gasteiger partial charge in [0.15, 0.2) is 0 Å². The van der Waals surface area contributed by atoms with Crippen molar-refractivity contribution >= 4 is 11.9 Å². The number of furan rings is 2. The maximum Gasteiger partial charge on any atom is 0.339 e. The number of phenols is 2. The van der Waals surface area contributed by atoms with Crippen molar-refractivity contribution in [2.75, 3.05) is 6.54 Å². The summed E-state index contributed by atoms with van der Waals surface area (Å²) < 4.78 is 11.8. The van der Waals surface area contributed by atoms with Crippen molar-refractivity contribution in [2.45, 2.75) is 13.1 Å².